The fraction of sp³-hybridized carbons (Fsp3) is 0.667. The Bertz CT molecular complexity index is 162. The summed E-state index contributed by atoms with van der Waals surface area (Å²) >= 11 is 1.11. The van der Waals surface area contributed by atoms with Crippen molar-refractivity contribution >= 4 is 18.5 Å². The maximum atomic E-state index is 8.98. The lowest BCUT2D eigenvalue weighted by atomic mass is 11.0. The molecule has 0 aromatic carbocycles. The zero-order valence-electron chi connectivity index (χ0n) is 8.01. The Balaban J connectivity index is 4.25. The molecule has 1 N–H and O–H groups in total. The zero-order valence-corrected chi connectivity index (χ0v) is 9.72. The van der Waals surface area contributed by atoms with E-state index in [1.807, 2.05) is 0 Å². The van der Waals surface area contributed by atoms with Crippen molar-refractivity contribution in [2.75, 3.05) is 28.4 Å². The van der Waals surface area contributed by atoms with E-state index in [-0.39, 0.29) is 5.95 Å². The summed E-state index contributed by atoms with van der Waals surface area (Å²) < 4.78 is 19.7. The monoisotopic (exact) mass is 229 g/mol. The Hall–Kier alpha value is -0.0000000000000000694. The Labute approximate surface area is 82.3 Å². The molecule has 0 heterocycles. The summed E-state index contributed by atoms with van der Waals surface area (Å²) in [5.74, 6) is -0.208. The van der Waals surface area contributed by atoms with E-state index < -0.39 is 7.15 Å². The molecule has 0 radical (unpaired) electrons. The van der Waals surface area contributed by atoms with Crippen LogP contribution in [0.4, 0.5) is 0 Å². The molecule has 0 aromatic rings. The SMILES string of the molecule is CO/C(O)=C/S[P+](OC)(OC)OC. The van der Waals surface area contributed by atoms with Crippen LogP contribution in [-0.4, -0.2) is 33.5 Å². The second kappa shape index (κ2) is 6.45. The molecule has 78 valence electrons. The van der Waals surface area contributed by atoms with E-state index in [0.717, 1.165) is 11.4 Å². The molecule has 7 heteroatoms. The predicted molar refractivity (Wildman–Crippen MR) is 53.3 cm³/mol. The molecule has 0 spiro atoms. The molecule has 0 atom stereocenters. The summed E-state index contributed by atoms with van der Waals surface area (Å²) in [6, 6.07) is 0. The second-order valence-electron chi connectivity index (χ2n) is 1.76. The first-order valence-electron chi connectivity index (χ1n) is 3.32. The van der Waals surface area contributed by atoms with Crippen molar-refractivity contribution in [2.24, 2.45) is 0 Å². The Morgan fingerprint density at radius 1 is 1.15 bits per heavy atom. The summed E-state index contributed by atoms with van der Waals surface area (Å²) in [6.45, 7) is 0. The lowest BCUT2D eigenvalue weighted by molar-refractivity contribution is 0.137. The van der Waals surface area contributed by atoms with Gasteiger partial charge >= 0.3 is 7.15 Å². The average molecular weight is 229 g/mol. The van der Waals surface area contributed by atoms with Gasteiger partial charge in [-0.3, -0.25) is 0 Å². The summed E-state index contributed by atoms with van der Waals surface area (Å²) in [6.07, 6.45) is 0. The van der Waals surface area contributed by atoms with Gasteiger partial charge in [-0.25, -0.2) is 0 Å². The van der Waals surface area contributed by atoms with Crippen LogP contribution in [0.2, 0.25) is 0 Å². The van der Waals surface area contributed by atoms with Gasteiger partial charge < -0.3 is 9.84 Å². The van der Waals surface area contributed by atoms with E-state index in [9.17, 15) is 0 Å². The summed E-state index contributed by atoms with van der Waals surface area (Å²) in [5.41, 5.74) is 0. The molecule has 0 aromatic heterocycles. The highest BCUT2D eigenvalue weighted by Crippen LogP contribution is 2.71. The van der Waals surface area contributed by atoms with Crippen LogP contribution in [0.15, 0.2) is 11.4 Å². The third kappa shape index (κ3) is 4.15. The molecule has 0 unspecified atom stereocenters. The molecule has 0 bridgehead atoms. The quantitative estimate of drug-likeness (QED) is 0.557. The maximum absolute atomic E-state index is 8.98. The third-order valence-corrected chi connectivity index (χ3v) is 5.50. The third-order valence-electron chi connectivity index (χ3n) is 1.16. The molecule has 0 rings (SSSR count). The van der Waals surface area contributed by atoms with Crippen molar-refractivity contribution in [3.05, 3.63) is 11.4 Å². The van der Waals surface area contributed by atoms with Gasteiger partial charge in [0.25, 0.3) is 5.95 Å². The van der Waals surface area contributed by atoms with E-state index in [0.29, 0.717) is 0 Å². The normalized spacial score (nSPS) is 13.1. The van der Waals surface area contributed by atoms with Crippen LogP contribution in [-0.2, 0) is 18.3 Å². The number of hydrogen-bond acceptors (Lipinski definition) is 6. The molecule has 0 amide bonds. The van der Waals surface area contributed by atoms with E-state index in [2.05, 4.69) is 4.74 Å². The fourth-order valence-corrected chi connectivity index (χ4v) is 2.96. The van der Waals surface area contributed by atoms with Gasteiger partial charge in [-0.1, -0.05) is 0 Å². The highest BCUT2D eigenvalue weighted by atomic mass is 32.7. The van der Waals surface area contributed by atoms with Gasteiger partial charge in [0.15, 0.2) is 0 Å². The number of rotatable bonds is 6. The topological polar surface area (TPSA) is 57.2 Å². The fourth-order valence-electron chi connectivity index (χ4n) is 0.510. The van der Waals surface area contributed by atoms with Crippen LogP contribution in [0.1, 0.15) is 0 Å². The largest absolute Gasteiger partial charge is 0.485 e. The summed E-state index contributed by atoms with van der Waals surface area (Å²) in [4.78, 5) is 0. The van der Waals surface area contributed by atoms with Crippen LogP contribution in [0.3, 0.4) is 0 Å². The van der Waals surface area contributed by atoms with Gasteiger partial charge in [0, 0.05) is 0 Å². The second-order valence-corrected chi connectivity index (χ2v) is 6.17. The summed E-state index contributed by atoms with van der Waals surface area (Å²) in [7, 11) is 3.39. The van der Waals surface area contributed by atoms with Crippen LogP contribution < -0.4 is 0 Å². The van der Waals surface area contributed by atoms with Crippen molar-refractivity contribution in [1.82, 2.24) is 0 Å². The first kappa shape index (κ1) is 13.0. The smallest absolute Gasteiger partial charge is 0.481 e. The van der Waals surface area contributed by atoms with Crippen LogP contribution in [0.25, 0.3) is 0 Å². The number of methoxy groups -OCH3 is 1. The van der Waals surface area contributed by atoms with Gasteiger partial charge in [-0.15, -0.1) is 0 Å². The molecule has 0 saturated carbocycles. The van der Waals surface area contributed by atoms with E-state index in [1.54, 1.807) is 0 Å². The van der Waals surface area contributed by atoms with Crippen LogP contribution >= 0.6 is 18.5 Å². The molecular formula is C6H14O5PS+. The predicted octanol–water partition coefficient (Wildman–Crippen LogP) is 2.34. The maximum Gasteiger partial charge on any atom is 0.485 e. The van der Waals surface area contributed by atoms with Gasteiger partial charge in [-0.05, 0) is 0 Å². The molecule has 13 heavy (non-hydrogen) atoms. The Morgan fingerprint density at radius 3 is 1.92 bits per heavy atom. The van der Waals surface area contributed by atoms with Crippen molar-refractivity contribution in [2.45, 2.75) is 0 Å². The molecule has 0 aliphatic rings. The number of aliphatic hydroxyl groups is 1. The van der Waals surface area contributed by atoms with Crippen molar-refractivity contribution in [3.8, 4) is 0 Å². The molecular weight excluding hydrogens is 215 g/mol. The molecule has 0 fully saturated rings. The standard InChI is InChI=1S/C6H13O5PS/c1-8-6(7)5-13-12(9-2,10-3)11-4/h5H,1-4H3/p+1/b6-5+. The van der Waals surface area contributed by atoms with E-state index >= 15 is 0 Å². The first-order valence-corrected chi connectivity index (χ1v) is 6.34. The zero-order chi connectivity index (χ0) is 10.3. The van der Waals surface area contributed by atoms with Gasteiger partial charge in [0.2, 0.25) is 0 Å². The van der Waals surface area contributed by atoms with Crippen LogP contribution in [0, 0.1) is 0 Å². The van der Waals surface area contributed by atoms with Gasteiger partial charge in [0.05, 0.1) is 33.8 Å². The highest BCUT2D eigenvalue weighted by molar-refractivity contribution is 8.59. The lowest BCUT2D eigenvalue weighted by Gasteiger charge is -2.12. The minimum absolute atomic E-state index is 0.208. The number of hydrogen-bond donors (Lipinski definition) is 1. The molecule has 0 saturated heterocycles. The Morgan fingerprint density at radius 2 is 1.62 bits per heavy atom. The van der Waals surface area contributed by atoms with Crippen molar-refractivity contribution in [3.63, 3.8) is 0 Å². The van der Waals surface area contributed by atoms with Crippen LogP contribution in [0.5, 0.6) is 0 Å². The number of aliphatic hydroxyl groups excluding tert-OH is 1. The van der Waals surface area contributed by atoms with E-state index in [1.165, 1.54) is 33.8 Å². The minimum Gasteiger partial charge on any atom is -0.481 e. The first-order chi connectivity index (χ1) is 6.14. The number of ether oxygens (including phenoxy) is 1. The molecule has 0 aliphatic carbocycles. The summed E-state index contributed by atoms with van der Waals surface area (Å²) in [5, 5.41) is 10.3. The van der Waals surface area contributed by atoms with Crippen molar-refractivity contribution < 1.29 is 23.4 Å². The lowest BCUT2D eigenvalue weighted by Crippen LogP contribution is -1.95. The average Bonchev–Trinajstić information content (AvgIpc) is 2.20. The molecule has 0 aliphatic heterocycles. The minimum atomic E-state index is -2.41. The highest BCUT2D eigenvalue weighted by Gasteiger charge is 2.43. The van der Waals surface area contributed by atoms with E-state index in [4.69, 9.17) is 18.7 Å². The van der Waals surface area contributed by atoms with Gasteiger partial charge in [0.1, 0.15) is 11.4 Å². The van der Waals surface area contributed by atoms with Crippen molar-refractivity contribution in [1.29, 1.82) is 0 Å². The molecule has 5 nitrogen and oxygen atoms in total. The Kier molecular flexibility index (Phi) is 6.45. The van der Waals surface area contributed by atoms with Gasteiger partial charge in [-0.2, -0.15) is 13.6 Å².